The highest BCUT2D eigenvalue weighted by atomic mass is 35.5. The summed E-state index contributed by atoms with van der Waals surface area (Å²) < 4.78 is 0. The largest absolute Gasteiger partial charge is 0.352 e. The smallest absolute Gasteiger partial charge is 0.220 e. The van der Waals surface area contributed by atoms with Gasteiger partial charge in [-0.15, -0.1) is 12.4 Å². The van der Waals surface area contributed by atoms with E-state index in [2.05, 4.69) is 16.0 Å². The molecule has 0 radical (unpaired) electrons. The molecular formula is C11H17ClN2OS. The summed E-state index contributed by atoms with van der Waals surface area (Å²) in [5, 5.41) is 10.3. The quantitative estimate of drug-likeness (QED) is 0.867. The van der Waals surface area contributed by atoms with E-state index in [1.54, 1.807) is 11.3 Å². The molecule has 2 N–H and O–H groups in total. The molecule has 0 bridgehead atoms. The van der Waals surface area contributed by atoms with Crippen LogP contribution in [-0.2, 0) is 11.3 Å². The van der Waals surface area contributed by atoms with Crippen molar-refractivity contribution < 1.29 is 4.79 Å². The third-order valence-electron chi connectivity index (χ3n) is 2.71. The monoisotopic (exact) mass is 260 g/mol. The van der Waals surface area contributed by atoms with E-state index in [0.717, 1.165) is 19.5 Å². The van der Waals surface area contributed by atoms with Crippen LogP contribution in [0.3, 0.4) is 0 Å². The van der Waals surface area contributed by atoms with E-state index in [0.29, 0.717) is 18.9 Å². The lowest BCUT2D eigenvalue weighted by Crippen LogP contribution is -2.25. The number of rotatable bonds is 4. The van der Waals surface area contributed by atoms with Crippen molar-refractivity contribution in [2.45, 2.75) is 19.4 Å². The molecule has 1 unspecified atom stereocenters. The minimum atomic E-state index is 0. The second kappa shape index (κ2) is 6.89. The first kappa shape index (κ1) is 13.5. The molecule has 2 heterocycles. The Hall–Kier alpha value is -0.580. The van der Waals surface area contributed by atoms with Crippen LogP contribution in [0.15, 0.2) is 16.8 Å². The first-order valence-corrected chi connectivity index (χ1v) is 6.27. The molecule has 1 amide bonds. The first-order chi connectivity index (χ1) is 7.34. The zero-order chi connectivity index (χ0) is 10.5. The van der Waals surface area contributed by atoms with Crippen molar-refractivity contribution in [2.75, 3.05) is 13.1 Å². The molecule has 0 aromatic carbocycles. The Kier molecular flexibility index (Phi) is 5.80. The summed E-state index contributed by atoms with van der Waals surface area (Å²) in [6, 6.07) is 2.04. The molecular weight excluding hydrogens is 244 g/mol. The van der Waals surface area contributed by atoms with Crippen LogP contribution in [-0.4, -0.2) is 19.0 Å². The summed E-state index contributed by atoms with van der Waals surface area (Å²) in [5.74, 6) is 0.711. The number of nitrogens with one attached hydrogen (secondary N) is 2. The van der Waals surface area contributed by atoms with Gasteiger partial charge < -0.3 is 10.6 Å². The van der Waals surface area contributed by atoms with Gasteiger partial charge in [0.15, 0.2) is 0 Å². The van der Waals surface area contributed by atoms with Crippen LogP contribution in [0.4, 0.5) is 0 Å². The van der Waals surface area contributed by atoms with E-state index >= 15 is 0 Å². The van der Waals surface area contributed by atoms with Crippen LogP contribution in [0.25, 0.3) is 0 Å². The number of hydrogen-bond donors (Lipinski definition) is 2. The number of carbonyl (C=O) groups excluding carboxylic acids is 1. The zero-order valence-electron chi connectivity index (χ0n) is 9.07. The van der Waals surface area contributed by atoms with E-state index < -0.39 is 0 Å². The predicted octanol–water partition coefficient (Wildman–Crippen LogP) is 1.79. The lowest BCUT2D eigenvalue weighted by molar-refractivity contribution is -0.122. The second-order valence-electron chi connectivity index (χ2n) is 3.97. The van der Waals surface area contributed by atoms with Crippen molar-refractivity contribution in [1.82, 2.24) is 10.6 Å². The van der Waals surface area contributed by atoms with Crippen molar-refractivity contribution in [2.24, 2.45) is 5.92 Å². The number of amides is 1. The van der Waals surface area contributed by atoms with Crippen molar-refractivity contribution in [3.05, 3.63) is 22.4 Å². The van der Waals surface area contributed by atoms with Crippen molar-refractivity contribution in [3.8, 4) is 0 Å². The van der Waals surface area contributed by atoms with Crippen molar-refractivity contribution in [3.63, 3.8) is 0 Å². The van der Waals surface area contributed by atoms with Gasteiger partial charge in [-0.2, -0.15) is 11.3 Å². The van der Waals surface area contributed by atoms with Crippen LogP contribution in [0, 0.1) is 5.92 Å². The molecule has 1 aromatic heterocycles. The van der Waals surface area contributed by atoms with Gasteiger partial charge in [0, 0.05) is 13.0 Å². The fourth-order valence-electron chi connectivity index (χ4n) is 1.82. The summed E-state index contributed by atoms with van der Waals surface area (Å²) in [4.78, 5) is 11.6. The summed E-state index contributed by atoms with van der Waals surface area (Å²) in [7, 11) is 0. The summed E-state index contributed by atoms with van der Waals surface area (Å²) >= 11 is 1.66. The molecule has 1 aliphatic heterocycles. The van der Waals surface area contributed by atoms with Crippen LogP contribution < -0.4 is 10.6 Å². The van der Waals surface area contributed by atoms with Gasteiger partial charge in [-0.05, 0) is 47.8 Å². The normalized spacial score (nSPS) is 19.1. The van der Waals surface area contributed by atoms with E-state index in [4.69, 9.17) is 0 Å². The molecule has 0 spiro atoms. The van der Waals surface area contributed by atoms with Crippen LogP contribution in [0.5, 0.6) is 0 Å². The van der Waals surface area contributed by atoms with Crippen LogP contribution in [0.1, 0.15) is 18.4 Å². The lowest BCUT2D eigenvalue weighted by Gasteiger charge is -2.08. The molecule has 1 aromatic rings. The molecule has 1 atom stereocenters. The third kappa shape index (κ3) is 4.12. The fourth-order valence-corrected chi connectivity index (χ4v) is 2.49. The molecule has 0 aliphatic carbocycles. The Morgan fingerprint density at radius 2 is 2.50 bits per heavy atom. The van der Waals surface area contributed by atoms with Crippen molar-refractivity contribution in [1.29, 1.82) is 0 Å². The number of halogens is 1. The molecule has 5 heteroatoms. The molecule has 1 fully saturated rings. The van der Waals surface area contributed by atoms with Crippen LogP contribution >= 0.6 is 23.7 Å². The highest BCUT2D eigenvalue weighted by molar-refractivity contribution is 7.07. The topological polar surface area (TPSA) is 41.1 Å². The minimum Gasteiger partial charge on any atom is -0.352 e. The Bertz CT molecular complexity index is 310. The average Bonchev–Trinajstić information content (AvgIpc) is 2.86. The SMILES string of the molecule is Cl.O=C(CC1CCNC1)NCc1ccsc1. The molecule has 16 heavy (non-hydrogen) atoms. The maximum atomic E-state index is 11.6. The standard InChI is InChI=1S/C11H16N2OS.ClH/c14-11(5-9-1-3-12-6-9)13-7-10-2-4-15-8-10;/h2,4,8-9,12H,1,3,5-7H2,(H,13,14);1H. The third-order valence-corrected chi connectivity index (χ3v) is 3.44. The molecule has 3 nitrogen and oxygen atoms in total. The van der Waals surface area contributed by atoms with Gasteiger partial charge in [0.2, 0.25) is 5.91 Å². The average molecular weight is 261 g/mol. The lowest BCUT2D eigenvalue weighted by atomic mass is 10.0. The Morgan fingerprint density at radius 1 is 1.62 bits per heavy atom. The van der Waals surface area contributed by atoms with E-state index in [1.165, 1.54) is 5.56 Å². The number of thiophene rings is 1. The predicted molar refractivity (Wildman–Crippen MR) is 69.0 cm³/mol. The van der Waals surface area contributed by atoms with E-state index in [-0.39, 0.29) is 18.3 Å². The summed E-state index contributed by atoms with van der Waals surface area (Å²) in [6.07, 6.45) is 1.79. The Balaban J connectivity index is 0.00000128. The first-order valence-electron chi connectivity index (χ1n) is 5.33. The van der Waals surface area contributed by atoms with Gasteiger partial charge in [-0.25, -0.2) is 0 Å². The van der Waals surface area contributed by atoms with E-state index in [1.807, 2.05) is 11.4 Å². The molecule has 1 saturated heterocycles. The second-order valence-corrected chi connectivity index (χ2v) is 4.75. The van der Waals surface area contributed by atoms with Gasteiger partial charge in [-0.1, -0.05) is 0 Å². The van der Waals surface area contributed by atoms with Crippen LogP contribution in [0.2, 0.25) is 0 Å². The van der Waals surface area contributed by atoms with Gasteiger partial charge in [0.1, 0.15) is 0 Å². The zero-order valence-corrected chi connectivity index (χ0v) is 10.7. The van der Waals surface area contributed by atoms with Crippen molar-refractivity contribution >= 4 is 29.7 Å². The minimum absolute atomic E-state index is 0. The number of hydrogen-bond acceptors (Lipinski definition) is 3. The fraction of sp³-hybridized carbons (Fsp3) is 0.545. The molecule has 1 aliphatic rings. The van der Waals surface area contributed by atoms with Gasteiger partial charge >= 0.3 is 0 Å². The summed E-state index contributed by atoms with van der Waals surface area (Å²) in [5.41, 5.74) is 1.19. The molecule has 2 rings (SSSR count). The van der Waals surface area contributed by atoms with Gasteiger partial charge in [0.05, 0.1) is 0 Å². The summed E-state index contributed by atoms with van der Waals surface area (Å²) in [6.45, 7) is 2.72. The maximum absolute atomic E-state index is 11.6. The van der Waals surface area contributed by atoms with E-state index in [9.17, 15) is 4.79 Å². The Morgan fingerprint density at radius 3 is 3.12 bits per heavy atom. The number of carbonyl (C=O) groups is 1. The molecule has 90 valence electrons. The highest BCUT2D eigenvalue weighted by Gasteiger charge is 2.17. The Labute approximate surface area is 106 Å². The maximum Gasteiger partial charge on any atom is 0.220 e. The van der Waals surface area contributed by atoms with Gasteiger partial charge in [0.25, 0.3) is 0 Å². The highest BCUT2D eigenvalue weighted by Crippen LogP contribution is 2.12. The molecule has 0 saturated carbocycles. The van der Waals surface area contributed by atoms with Gasteiger partial charge in [-0.3, -0.25) is 4.79 Å².